The summed E-state index contributed by atoms with van der Waals surface area (Å²) in [5.74, 6) is 10.9. The third-order valence-corrected chi connectivity index (χ3v) is 3.19. The zero-order valence-corrected chi connectivity index (χ0v) is 14.9. The molecule has 0 aromatic rings. The minimum atomic E-state index is -0.552. The fraction of sp³-hybridized carbons (Fsp3) is 0.600. The Morgan fingerprint density at radius 1 is 1.00 bits per heavy atom. The smallest absolute Gasteiger partial charge is 0.483 e. The summed E-state index contributed by atoms with van der Waals surface area (Å²) in [6.45, 7) is 11.8. The molecule has 1 unspecified atom stereocenters. The monoisotopic (exact) mass is 314 g/mol. The van der Waals surface area contributed by atoms with Gasteiger partial charge in [0.15, 0.2) is 0 Å². The fourth-order valence-corrected chi connectivity index (χ4v) is 1.86. The molecule has 0 rings (SSSR count). The molecule has 2 nitrogen and oxygen atoms in total. The van der Waals surface area contributed by atoms with Crippen LogP contribution in [0.3, 0.4) is 0 Å². The Morgan fingerprint density at radius 2 is 1.65 bits per heavy atom. The van der Waals surface area contributed by atoms with Gasteiger partial charge in [0.25, 0.3) is 0 Å². The normalized spacial score (nSPS) is 10.5. The highest BCUT2D eigenvalue weighted by Gasteiger charge is 2.18. The second kappa shape index (κ2) is 16.8. The van der Waals surface area contributed by atoms with Crippen molar-refractivity contribution < 1.29 is 9.31 Å². The fourth-order valence-electron chi connectivity index (χ4n) is 1.86. The van der Waals surface area contributed by atoms with Crippen molar-refractivity contribution in [3.63, 3.8) is 0 Å². The van der Waals surface area contributed by atoms with E-state index in [0.29, 0.717) is 6.42 Å². The minimum absolute atomic E-state index is 0.223. The minimum Gasteiger partial charge on any atom is -0.483 e. The van der Waals surface area contributed by atoms with Crippen LogP contribution in [0.2, 0.25) is 0 Å². The van der Waals surface area contributed by atoms with E-state index in [1.54, 1.807) is 5.98 Å². The van der Waals surface area contributed by atoms with E-state index >= 15 is 0 Å². The summed E-state index contributed by atoms with van der Waals surface area (Å²) < 4.78 is 11.2. The zero-order valence-electron chi connectivity index (χ0n) is 14.9. The topological polar surface area (TPSA) is 18.5 Å². The first-order chi connectivity index (χ1) is 11.3. The number of hydrogen-bond donors (Lipinski definition) is 0. The molecule has 0 fully saturated rings. The van der Waals surface area contributed by atoms with Crippen LogP contribution in [-0.2, 0) is 9.31 Å². The summed E-state index contributed by atoms with van der Waals surface area (Å²) in [6.07, 6.45) is 13.8. The van der Waals surface area contributed by atoms with E-state index in [0.717, 1.165) is 25.7 Å². The zero-order chi connectivity index (χ0) is 17.2. The second-order valence-electron chi connectivity index (χ2n) is 5.39. The molecule has 0 N–H and O–H groups in total. The maximum absolute atomic E-state index is 5.79. The van der Waals surface area contributed by atoms with Gasteiger partial charge in [-0.1, -0.05) is 57.4 Å². The predicted molar refractivity (Wildman–Crippen MR) is 101 cm³/mol. The average Bonchev–Trinajstić information content (AvgIpc) is 2.56. The summed E-state index contributed by atoms with van der Waals surface area (Å²) in [6, 6.07) is 0. The largest absolute Gasteiger partial charge is 0.564 e. The molecule has 0 aromatic heterocycles. The first kappa shape index (κ1) is 21.4. The van der Waals surface area contributed by atoms with Gasteiger partial charge in [-0.25, -0.2) is 0 Å². The third kappa shape index (κ3) is 13.8. The van der Waals surface area contributed by atoms with E-state index in [2.05, 4.69) is 50.9 Å². The quantitative estimate of drug-likeness (QED) is 0.210. The maximum Gasteiger partial charge on any atom is 0.564 e. The van der Waals surface area contributed by atoms with Crippen LogP contribution in [0.25, 0.3) is 0 Å². The van der Waals surface area contributed by atoms with Gasteiger partial charge in [0.05, 0.1) is 6.11 Å². The first-order valence-electron chi connectivity index (χ1n) is 8.79. The van der Waals surface area contributed by atoms with Gasteiger partial charge in [-0.15, -0.1) is 19.1 Å². The Bertz CT molecular complexity index is 422. The SMILES string of the molecule is C=CCC(C#CCCCCC)OB(C=C)OC#CCCCCC. The lowest BCUT2D eigenvalue weighted by atomic mass is 9.90. The van der Waals surface area contributed by atoms with Gasteiger partial charge in [-0.05, 0) is 18.8 Å². The molecular weight excluding hydrogens is 283 g/mol. The van der Waals surface area contributed by atoms with E-state index in [1.807, 2.05) is 6.08 Å². The molecule has 0 aliphatic carbocycles. The van der Waals surface area contributed by atoms with Crippen LogP contribution in [0, 0.1) is 23.9 Å². The van der Waals surface area contributed by atoms with Crippen LogP contribution in [0.1, 0.15) is 71.6 Å². The predicted octanol–water partition coefficient (Wildman–Crippen LogP) is 5.30. The van der Waals surface area contributed by atoms with Gasteiger partial charge in [0.1, 0.15) is 6.10 Å². The molecule has 0 saturated heterocycles. The van der Waals surface area contributed by atoms with Crippen LogP contribution in [-0.4, -0.2) is 13.2 Å². The molecular formula is C20H31BO2. The van der Waals surface area contributed by atoms with Crippen molar-refractivity contribution in [2.24, 2.45) is 0 Å². The lowest BCUT2D eigenvalue weighted by Crippen LogP contribution is -2.25. The summed E-state index contributed by atoms with van der Waals surface area (Å²) >= 11 is 0. The molecule has 23 heavy (non-hydrogen) atoms. The molecule has 1 atom stereocenters. The lowest BCUT2D eigenvalue weighted by Gasteiger charge is -2.13. The Kier molecular flexibility index (Phi) is 15.6. The highest BCUT2D eigenvalue weighted by atomic mass is 16.6. The summed E-state index contributed by atoms with van der Waals surface area (Å²) in [5.41, 5.74) is 0. The molecule has 0 amide bonds. The van der Waals surface area contributed by atoms with Gasteiger partial charge >= 0.3 is 7.12 Å². The van der Waals surface area contributed by atoms with Gasteiger partial charge in [-0.2, -0.15) is 0 Å². The Balaban J connectivity index is 4.28. The number of rotatable bonds is 12. The van der Waals surface area contributed by atoms with E-state index in [-0.39, 0.29) is 6.10 Å². The summed E-state index contributed by atoms with van der Waals surface area (Å²) in [5, 5.41) is 0. The summed E-state index contributed by atoms with van der Waals surface area (Å²) in [4.78, 5) is 0. The summed E-state index contributed by atoms with van der Waals surface area (Å²) in [7, 11) is -0.552. The average molecular weight is 314 g/mol. The number of unbranched alkanes of at least 4 members (excludes halogenated alkanes) is 6. The molecule has 0 aliphatic rings. The lowest BCUT2D eigenvalue weighted by molar-refractivity contribution is 0.220. The van der Waals surface area contributed by atoms with Crippen molar-refractivity contribution in [2.75, 3.05) is 0 Å². The van der Waals surface area contributed by atoms with E-state index in [9.17, 15) is 0 Å². The van der Waals surface area contributed by atoms with Crippen LogP contribution < -0.4 is 0 Å². The van der Waals surface area contributed by atoms with Gasteiger partial charge in [0, 0.05) is 19.3 Å². The van der Waals surface area contributed by atoms with Crippen molar-refractivity contribution in [1.82, 2.24) is 0 Å². The van der Waals surface area contributed by atoms with Gasteiger partial charge in [0.2, 0.25) is 0 Å². The molecule has 0 bridgehead atoms. The van der Waals surface area contributed by atoms with Crippen LogP contribution in [0.5, 0.6) is 0 Å². The van der Waals surface area contributed by atoms with E-state index < -0.39 is 7.12 Å². The molecule has 0 heterocycles. The molecule has 126 valence electrons. The first-order valence-corrected chi connectivity index (χ1v) is 8.79. The highest BCUT2D eigenvalue weighted by molar-refractivity contribution is 6.51. The molecule has 0 radical (unpaired) electrons. The van der Waals surface area contributed by atoms with Crippen molar-refractivity contribution >= 4 is 7.12 Å². The third-order valence-electron chi connectivity index (χ3n) is 3.19. The molecule has 0 spiro atoms. The van der Waals surface area contributed by atoms with Crippen molar-refractivity contribution in [3.8, 4) is 23.9 Å². The van der Waals surface area contributed by atoms with E-state index in [4.69, 9.17) is 9.31 Å². The molecule has 0 aromatic carbocycles. The number of hydrogen-bond acceptors (Lipinski definition) is 2. The van der Waals surface area contributed by atoms with E-state index in [1.165, 1.54) is 25.7 Å². The second-order valence-corrected chi connectivity index (χ2v) is 5.39. The Hall–Kier alpha value is -1.58. The Morgan fingerprint density at radius 3 is 2.22 bits per heavy atom. The van der Waals surface area contributed by atoms with Crippen LogP contribution in [0.4, 0.5) is 0 Å². The maximum atomic E-state index is 5.79. The van der Waals surface area contributed by atoms with Crippen molar-refractivity contribution in [1.29, 1.82) is 0 Å². The van der Waals surface area contributed by atoms with Crippen molar-refractivity contribution in [2.45, 2.75) is 77.7 Å². The molecule has 3 heteroatoms. The van der Waals surface area contributed by atoms with Gasteiger partial charge in [-0.3, -0.25) is 0 Å². The molecule has 0 saturated carbocycles. The van der Waals surface area contributed by atoms with Crippen molar-refractivity contribution in [3.05, 3.63) is 25.2 Å². The Labute approximate surface area is 143 Å². The van der Waals surface area contributed by atoms with Crippen LogP contribution >= 0.6 is 0 Å². The molecule has 0 aliphatic heterocycles. The van der Waals surface area contributed by atoms with Gasteiger partial charge < -0.3 is 9.31 Å². The highest BCUT2D eigenvalue weighted by Crippen LogP contribution is 2.04. The standard InChI is InChI=1S/C20H31BO2/c1-5-9-11-13-15-18-20(17-7-3)23-21(8-4)22-19-16-14-12-10-6-2/h7-8,20H,3-6,9-14,17H2,1-2H3. The van der Waals surface area contributed by atoms with Crippen LogP contribution in [0.15, 0.2) is 25.2 Å².